The van der Waals surface area contributed by atoms with Gasteiger partial charge in [0.1, 0.15) is 0 Å². The second kappa shape index (κ2) is 4.79. The van der Waals surface area contributed by atoms with E-state index in [2.05, 4.69) is 10.3 Å². The molecule has 1 aromatic carbocycles. The third kappa shape index (κ3) is 3.23. The maximum atomic E-state index is 11.9. The summed E-state index contributed by atoms with van der Waals surface area (Å²) in [5.74, 6) is 0. The Morgan fingerprint density at radius 3 is 2.76 bits per heavy atom. The van der Waals surface area contributed by atoms with Crippen LogP contribution in [0.3, 0.4) is 0 Å². The van der Waals surface area contributed by atoms with E-state index < -0.39 is 12.6 Å². The minimum Gasteiger partial charge on any atom is -0.361 e. The molecule has 17 heavy (non-hydrogen) atoms. The van der Waals surface area contributed by atoms with Gasteiger partial charge in [-0.3, -0.25) is 0 Å². The van der Waals surface area contributed by atoms with Crippen LogP contribution in [-0.4, -0.2) is 17.7 Å². The average Bonchev–Trinajstić information content (AvgIpc) is 2.71. The Labute approximate surface area is 96.8 Å². The normalized spacial score (nSPS) is 12.2. The van der Waals surface area contributed by atoms with E-state index in [1.54, 1.807) is 0 Å². The van der Waals surface area contributed by atoms with Gasteiger partial charge in [0.2, 0.25) is 0 Å². The molecule has 5 heteroatoms. The standard InChI is InChI=1S/C12H13F3N2/c13-12(14,15)5-7-16-8-9-2-1-3-11-10(9)4-6-17-11/h1-4,6,16-17H,5,7-8H2. The average molecular weight is 242 g/mol. The van der Waals surface area contributed by atoms with Crippen molar-refractivity contribution in [2.45, 2.75) is 19.1 Å². The van der Waals surface area contributed by atoms with Crippen molar-refractivity contribution < 1.29 is 13.2 Å². The maximum Gasteiger partial charge on any atom is 0.390 e. The number of aromatic amines is 1. The second-order valence-electron chi connectivity index (χ2n) is 3.90. The van der Waals surface area contributed by atoms with Gasteiger partial charge < -0.3 is 10.3 Å². The highest BCUT2D eigenvalue weighted by Gasteiger charge is 2.25. The van der Waals surface area contributed by atoms with Gasteiger partial charge in [-0.25, -0.2) is 0 Å². The van der Waals surface area contributed by atoms with Gasteiger partial charge in [0.05, 0.1) is 6.42 Å². The zero-order valence-corrected chi connectivity index (χ0v) is 9.14. The predicted octanol–water partition coefficient (Wildman–Crippen LogP) is 3.21. The van der Waals surface area contributed by atoms with Gasteiger partial charge in [0.15, 0.2) is 0 Å². The molecule has 0 amide bonds. The Kier molecular flexibility index (Phi) is 3.38. The van der Waals surface area contributed by atoms with Gasteiger partial charge >= 0.3 is 6.18 Å². The molecule has 2 nitrogen and oxygen atoms in total. The quantitative estimate of drug-likeness (QED) is 0.792. The first-order valence-corrected chi connectivity index (χ1v) is 5.39. The highest BCUT2D eigenvalue weighted by atomic mass is 19.4. The molecule has 0 spiro atoms. The van der Waals surface area contributed by atoms with Gasteiger partial charge in [-0.1, -0.05) is 12.1 Å². The van der Waals surface area contributed by atoms with Crippen LogP contribution in [0.2, 0.25) is 0 Å². The lowest BCUT2D eigenvalue weighted by Gasteiger charge is -2.08. The van der Waals surface area contributed by atoms with Crippen LogP contribution in [-0.2, 0) is 6.54 Å². The zero-order valence-electron chi connectivity index (χ0n) is 9.14. The number of hydrogen-bond acceptors (Lipinski definition) is 1. The fourth-order valence-corrected chi connectivity index (χ4v) is 1.76. The fraction of sp³-hybridized carbons (Fsp3) is 0.333. The molecule has 1 aromatic heterocycles. The van der Waals surface area contributed by atoms with Gasteiger partial charge in [-0.15, -0.1) is 0 Å². The number of hydrogen-bond donors (Lipinski definition) is 2. The SMILES string of the molecule is FC(F)(F)CCNCc1cccc2[nH]ccc12. The van der Waals surface area contributed by atoms with E-state index in [0.717, 1.165) is 16.5 Å². The van der Waals surface area contributed by atoms with Crippen molar-refractivity contribution in [3.8, 4) is 0 Å². The first-order chi connectivity index (χ1) is 8.06. The van der Waals surface area contributed by atoms with Crippen LogP contribution >= 0.6 is 0 Å². The number of H-pyrrole nitrogens is 1. The van der Waals surface area contributed by atoms with Gasteiger partial charge in [0, 0.05) is 30.2 Å². The van der Waals surface area contributed by atoms with E-state index in [1.807, 2.05) is 30.5 Å². The Morgan fingerprint density at radius 1 is 1.18 bits per heavy atom. The molecule has 0 fully saturated rings. The lowest BCUT2D eigenvalue weighted by Crippen LogP contribution is -2.21. The van der Waals surface area contributed by atoms with Crippen LogP contribution in [0.1, 0.15) is 12.0 Å². The van der Waals surface area contributed by atoms with E-state index >= 15 is 0 Å². The van der Waals surface area contributed by atoms with Crippen LogP contribution < -0.4 is 5.32 Å². The Balaban J connectivity index is 1.93. The van der Waals surface area contributed by atoms with Crippen molar-refractivity contribution >= 4 is 10.9 Å². The monoisotopic (exact) mass is 242 g/mol. The van der Waals surface area contributed by atoms with Gasteiger partial charge in [-0.05, 0) is 17.7 Å². The van der Waals surface area contributed by atoms with Crippen molar-refractivity contribution in [1.82, 2.24) is 10.3 Å². The number of nitrogens with one attached hydrogen (secondary N) is 2. The number of rotatable bonds is 4. The van der Waals surface area contributed by atoms with Crippen molar-refractivity contribution in [2.24, 2.45) is 0 Å². The minimum atomic E-state index is -4.09. The van der Waals surface area contributed by atoms with Crippen LogP contribution in [0.25, 0.3) is 10.9 Å². The lowest BCUT2D eigenvalue weighted by atomic mass is 10.1. The van der Waals surface area contributed by atoms with Crippen molar-refractivity contribution in [2.75, 3.05) is 6.54 Å². The summed E-state index contributed by atoms with van der Waals surface area (Å²) in [4.78, 5) is 3.07. The summed E-state index contributed by atoms with van der Waals surface area (Å²) in [7, 11) is 0. The van der Waals surface area contributed by atoms with Gasteiger partial charge in [0.25, 0.3) is 0 Å². The molecule has 0 aliphatic heterocycles. The van der Waals surface area contributed by atoms with Gasteiger partial charge in [-0.2, -0.15) is 13.2 Å². The minimum absolute atomic E-state index is 0.0513. The smallest absolute Gasteiger partial charge is 0.361 e. The number of fused-ring (bicyclic) bond motifs is 1. The topological polar surface area (TPSA) is 27.8 Å². The highest BCUT2D eigenvalue weighted by molar-refractivity contribution is 5.82. The molecule has 2 N–H and O–H groups in total. The molecule has 2 rings (SSSR count). The molecule has 2 aromatic rings. The summed E-state index contributed by atoms with van der Waals surface area (Å²) in [6.45, 7) is 0.398. The number of alkyl halides is 3. The molecule has 0 aliphatic carbocycles. The van der Waals surface area contributed by atoms with Crippen molar-refractivity contribution in [1.29, 1.82) is 0 Å². The van der Waals surface area contributed by atoms with Crippen LogP contribution in [0, 0.1) is 0 Å². The van der Waals surface area contributed by atoms with E-state index in [1.165, 1.54) is 0 Å². The highest BCUT2D eigenvalue weighted by Crippen LogP contribution is 2.19. The number of aromatic nitrogens is 1. The second-order valence-corrected chi connectivity index (χ2v) is 3.90. The molecule has 0 saturated heterocycles. The third-order valence-electron chi connectivity index (χ3n) is 2.59. The maximum absolute atomic E-state index is 11.9. The molecule has 0 atom stereocenters. The molecule has 1 heterocycles. The van der Waals surface area contributed by atoms with Crippen molar-refractivity contribution in [3.63, 3.8) is 0 Å². The van der Waals surface area contributed by atoms with E-state index in [-0.39, 0.29) is 6.54 Å². The van der Waals surface area contributed by atoms with Crippen molar-refractivity contribution in [3.05, 3.63) is 36.0 Å². The number of halogens is 3. The Bertz CT molecular complexity index is 488. The first-order valence-electron chi connectivity index (χ1n) is 5.39. The predicted molar refractivity (Wildman–Crippen MR) is 60.7 cm³/mol. The van der Waals surface area contributed by atoms with E-state index in [9.17, 15) is 13.2 Å². The first kappa shape index (κ1) is 12.0. The third-order valence-corrected chi connectivity index (χ3v) is 2.59. The molecule has 0 saturated carbocycles. The van der Waals surface area contributed by atoms with Crippen LogP contribution in [0.4, 0.5) is 13.2 Å². The lowest BCUT2D eigenvalue weighted by molar-refractivity contribution is -0.133. The number of benzene rings is 1. The molecule has 0 radical (unpaired) electrons. The summed E-state index contributed by atoms with van der Waals surface area (Å²) in [5.41, 5.74) is 2.01. The van der Waals surface area contributed by atoms with E-state index in [0.29, 0.717) is 6.54 Å². The zero-order chi connectivity index (χ0) is 12.3. The van der Waals surface area contributed by atoms with Crippen LogP contribution in [0.15, 0.2) is 30.5 Å². The summed E-state index contributed by atoms with van der Waals surface area (Å²) < 4.78 is 35.8. The summed E-state index contributed by atoms with van der Waals surface area (Å²) in [6.07, 6.45) is -3.06. The largest absolute Gasteiger partial charge is 0.390 e. The molecular weight excluding hydrogens is 229 g/mol. The molecular formula is C12H13F3N2. The van der Waals surface area contributed by atoms with Crippen LogP contribution in [0.5, 0.6) is 0 Å². The summed E-state index contributed by atoms with van der Waals surface area (Å²) in [5, 5.41) is 3.85. The van der Waals surface area contributed by atoms with E-state index in [4.69, 9.17) is 0 Å². The molecule has 0 unspecified atom stereocenters. The molecule has 0 aliphatic rings. The molecule has 0 bridgehead atoms. The molecule has 92 valence electrons. The Hall–Kier alpha value is -1.49. The summed E-state index contributed by atoms with van der Waals surface area (Å²) in [6, 6.07) is 7.67. The Morgan fingerprint density at radius 2 is 2.00 bits per heavy atom. The fourth-order valence-electron chi connectivity index (χ4n) is 1.76. The summed E-state index contributed by atoms with van der Waals surface area (Å²) >= 11 is 0.